The Bertz CT molecular complexity index is 1240. The van der Waals surface area contributed by atoms with E-state index in [1.54, 1.807) is 24.1 Å². The number of aliphatic hydroxyl groups excluding tert-OH is 2. The number of carboxylic acid groups (broad SMARTS) is 1. The van der Waals surface area contributed by atoms with Crippen LogP contribution in [0.25, 0.3) is 11.1 Å². The lowest BCUT2D eigenvalue weighted by Crippen LogP contribution is -2.45. The van der Waals surface area contributed by atoms with Crippen LogP contribution in [0.3, 0.4) is 0 Å². The van der Waals surface area contributed by atoms with Gasteiger partial charge in [0.05, 0.1) is 6.10 Å². The van der Waals surface area contributed by atoms with Gasteiger partial charge in [-0.05, 0) is 118 Å². The maximum atomic E-state index is 14.9. The van der Waals surface area contributed by atoms with Crippen molar-refractivity contribution in [3.05, 3.63) is 83.4 Å². The predicted octanol–water partition coefficient (Wildman–Crippen LogP) is 5.77. The molecule has 0 amide bonds. The van der Waals surface area contributed by atoms with Crippen LogP contribution >= 0.6 is 11.9 Å². The topological polar surface area (TPSA) is 106 Å². The Morgan fingerprint density at radius 1 is 1.10 bits per heavy atom. The van der Waals surface area contributed by atoms with Gasteiger partial charge in [0.2, 0.25) is 0 Å². The zero-order chi connectivity index (χ0) is 31.1. The summed E-state index contributed by atoms with van der Waals surface area (Å²) >= 11 is 1.56. The molecule has 0 radical (unpaired) electrons. The second-order valence-corrected chi connectivity index (χ2v) is 12.1. The van der Waals surface area contributed by atoms with Crippen LogP contribution in [-0.2, 0) is 24.1 Å². The Labute approximate surface area is 254 Å². The first kappa shape index (κ1) is 35.4. The van der Waals surface area contributed by atoms with Gasteiger partial charge < -0.3 is 20.6 Å². The van der Waals surface area contributed by atoms with Crippen molar-refractivity contribution >= 4 is 17.9 Å². The minimum Gasteiger partial charge on any atom is -0.481 e. The number of aliphatic carboxylic acids is 1. The summed E-state index contributed by atoms with van der Waals surface area (Å²) in [6.07, 6.45) is 7.17. The Kier molecular flexibility index (Phi) is 15.1. The molecule has 1 unspecified atom stereocenters. The maximum Gasteiger partial charge on any atom is 0.303 e. The molecule has 42 heavy (non-hydrogen) atoms. The summed E-state index contributed by atoms with van der Waals surface area (Å²) in [4.78, 5) is 16.2. The standard InChI is InChI=1S/C32H42FN3O3S.CH4O/c1-5-24-20-26(31-25(12-14-30(38)39)9-6-10-28(31)33)11-13-29(24)40-36(4)22-27(37)21-35-32(2,3)17-7-8-23-15-18-34-19-16-23;1-2/h6,9-11,13,15-16,18-20,27,35,37H,5,7-8,12,14,17,21-22H2,1-4H3,(H,38,39);2H,1H3. The van der Waals surface area contributed by atoms with Gasteiger partial charge >= 0.3 is 5.97 Å². The Morgan fingerprint density at radius 2 is 1.81 bits per heavy atom. The van der Waals surface area contributed by atoms with Crippen LogP contribution in [0.5, 0.6) is 0 Å². The third kappa shape index (κ3) is 11.8. The number of nitrogens with zero attached hydrogens (tertiary/aromatic N) is 2. The molecule has 0 fully saturated rings. The van der Waals surface area contributed by atoms with E-state index in [2.05, 4.69) is 43.2 Å². The van der Waals surface area contributed by atoms with Crippen LogP contribution in [0.2, 0.25) is 0 Å². The van der Waals surface area contributed by atoms with E-state index in [9.17, 15) is 14.3 Å². The van der Waals surface area contributed by atoms with Crippen LogP contribution in [0, 0.1) is 5.82 Å². The van der Waals surface area contributed by atoms with E-state index in [1.807, 2.05) is 41.9 Å². The lowest BCUT2D eigenvalue weighted by molar-refractivity contribution is -0.136. The number of carbonyl (C=O) groups is 1. The highest BCUT2D eigenvalue weighted by atomic mass is 32.2. The van der Waals surface area contributed by atoms with Crippen LogP contribution in [0.1, 0.15) is 56.7 Å². The number of β-amino-alcohol motifs (C(OH)–C–C–N with tert-alkyl or cyclic N) is 1. The number of halogens is 1. The molecule has 0 spiro atoms. The smallest absolute Gasteiger partial charge is 0.303 e. The van der Waals surface area contributed by atoms with E-state index in [1.165, 1.54) is 11.6 Å². The van der Waals surface area contributed by atoms with Crippen molar-refractivity contribution in [3.8, 4) is 11.1 Å². The molecule has 0 aliphatic carbocycles. The highest BCUT2D eigenvalue weighted by Crippen LogP contribution is 2.33. The summed E-state index contributed by atoms with van der Waals surface area (Å²) in [6, 6.07) is 14.8. The predicted molar refractivity (Wildman–Crippen MR) is 169 cm³/mol. The fourth-order valence-electron chi connectivity index (χ4n) is 4.78. The van der Waals surface area contributed by atoms with Gasteiger partial charge in [0.15, 0.2) is 0 Å². The van der Waals surface area contributed by atoms with Crippen molar-refractivity contribution in [2.45, 2.75) is 75.8 Å². The van der Waals surface area contributed by atoms with Crippen molar-refractivity contribution in [3.63, 3.8) is 0 Å². The summed E-state index contributed by atoms with van der Waals surface area (Å²) in [6.45, 7) is 7.39. The molecular formula is C33H46FN3O4S. The summed E-state index contributed by atoms with van der Waals surface area (Å²) in [5.41, 5.74) is 4.19. The van der Waals surface area contributed by atoms with Gasteiger partial charge in [0, 0.05) is 55.0 Å². The first-order valence-electron chi connectivity index (χ1n) is 14.4. The number of benzene rings is 2. The van der Waals surface area contributed by atoms with E-state index < -0.39 is 12.1 Å². The molecule has 3 aromatic rings. The van der Waals surface area contributed by atoms with Gasteiger partial charge in [0.25, 0.3) is 0 Å². The molecule has 4 N–H and O–H groups in total. The van der Waals surface area contributed by atoms with E-state index >= 15 is 0 Å². The fourth-order valence-corrected chi connectivity index (χ4v) is 5.81. The molecule has 1 aromatic heterocycles. The minimum absolute atomic E-state index is 0.0458. The molecule has 7 nitrogen and oxygen atoms in total. The normalized spacial score (nSPS) is 12.1. The number of hydrogen-bond acceptors (Lipinski definition) is 7. The van der Waals surface area contributed by atoms with Crippen LogP contribution in [-0.4, -0.2) is 69.5 Å². The van der Waals surface area contributed by atoms with Crippen molar-refractivity contribution in [2.75, 3.05) is 27.2 Å². The number of aryl methyl sites for hydroxylation is 3. The zero-order valence-electron chi connectivity index (χ0n) is 25.4. The highest BCUT2D eigenvalue weighted by molar-refractivity contribution is 7.97. The van der Waals surface area contributed by atoms with Gasteiger partial charge in [-0.2, -0.15) is 0 Å². The molecule has 0 bridgehead atoms. The summed E-state index contributed by atoms with van der Waals surface area (Å²) < 4.78 is 16.9. The molecule has 0 saturated carbocycles. The molecule has 9 heteroatoms. The van der Waals surface area contributed by atoms with Crippen molar-refractivity contribution in [1.82, 2.24) is 14.6 Å². The molecule has 1 atom stereocenters. The monoisotopic (exact) mass is 599 g/mol. The fraction of sp³-hybridized carbons (Fsp3) is 0.455. The van der Waals surface area contributed by atoms with Crippen LogP contribution in [0.4, 0.5) is 4.39 Å². The molecular weight excluding hydrogens is 553 g/mol. The quantitative estimate of drug-likeness (QED) is 0.154. The molecule has 3 rings (SSSR count). The van der Waals surface area contributed by atoms with E-state index in [0.717, 1.165) is 48.8 Å². The van der Waals surface area contributed by atoms with E-state index in [-0.39, 0.29) is 24.2 Å². The van der Waals surface area contributed by atoms with Crippen molar-refractivity contribution in [2.24, 2.45) is 0 Å². The zero-order valence-corrected chi connectivity index (χ0v) is 26.3. The highest BCUT2D eigenvalue weighted by Gasteiger charge is 2.20. The molecule has 0 aliphatic rings. The number of likely N-dealkylation sites (N-methyl/N-ethyl adjacent to an activating group) is 1. The molecule has 0 saturated heterocycles. The number of hydrogen-bond donors (Lipinski definition) is 4. The van der Waals surface area contributed by atoms with Crippen LogP contribution < -0.4 is 5.32 Å². The number of carboxylic acids is 1. The summed E-state index contributed by atoms with van der Waals surface area (Å²) in [5.74, 6) is -1.25. The molecule has 0 aliphatic heterocycles. The van der Waals surface area contributed by atoms with Crippen molar-refractivity contribution in [1.29, 1.82) is 0 Å². The second kappa shape index (κ2) is 18.0. The third-order valence-electron chi connectivity index (χ3n) is 6.99. The van der Waals surface area contributed by atoms with Crippen LogP contribution in [0.15, 0.2) is 65.8 Å². The first-order valence-corrected chi connectivity index (χ1v) is 15.1. The summed E-state index contributed by atoms with van der Waals surface area (Å²) in [7, 11) is 2.96. The number of pyridine rings is 1. The lowest BCUT2D eigenvalue weighted by atomic mass is 9.94. The average molecular weight is 600 g/mol. The molecule has 2 aromatic carbocycles. The Hall–Kier alpha value is -2.82. The van der Waals surface area contributed by atoms with Crippen molar-refractivity contribution < 1.29 is 24.5 Å². The number of rotatable bonds is 16. The average Bonchev–Trinajstić information content (AvgIpc) is 2.97. The second-order valence-electron chi connectivity index (χ2n) is 10.9. The largest absolute Gasteiger partial charge is 0.481 e. The Morgan fingerprint density at radius 3 is 2.48 bits per heavy atom. The van der Waals surface area contributed by atoms with Gasteiger partial charge in [-0.15, -0.1) is 0 Å². The van der Waals surface area contributed by atoms with Gasteiger partial charge in [-0.3, -0.25) is 9.78 Å². The lowest BCUT2D eigenvalue weighted by Gasteiger charge is -2.29. The van der Waals surface area contributed by atoms with Gasteiger partial charge in [-0.1, -0.05) is 25.1 Å². The number of aliphatic hydroxyl groups is 2. The minimum atomic E-state index is -0.902. The SMILES string of the molecule is CCc1cc(-c2c(F)cccc2CCC(=O)O)ccc1SN(C)CC(O)CNC(C)(C)CCCc1ccncc1.CO. The number of aromatic nitrogens is 1. The van der Waals surface area contributed by atoms with E-state index in [4.69, 9.17) is 10.2 Å². The molecule has 1 heterocycles. The maximum absolute atomic E-state index is 14.9. The molecule has 230 valence electrons. The third-order valence-corrected chi connectivity index (χ3v) is 8.05. The van der Waals surface area contributed by atoms with Gasteiger partial charge in [0.1, 0.15) is 5.82 Å². The summed E-state index contributed by atoms with van der Waals surface area (Å²) in [5, 5.41) is 30.3. The van der Waals surface area contributed by atoms with E-state index in [0.29, 0.717) is 24.2 Å². The Balaban J connectivity index is 0.00000301. The first-order chi connectivity index (χ1) is 20.1. The number of nitrogens with one attached hydrogen (secondary N) is 1. The van der Waals surface area contributed by atoms with Gasteiger partial charge in [-0.25, -0.2) is 8.70 Å².